The lowest BCUT2D eigenvalue weighted by Gasteiger charge is -2.24. The van der Waals surface area contributed by atoms with Crippen LogP contribution in [0.3, 0.4) is 0 Å². The van der Waals surface area contributed by atoms with Gasteiger partial charge in [-0.15, -0.1) is 0 Å². The first-order valence-corrected chi connectivity index (χ1v) is 8.62. The van der Waals surface area contributed by atoms with Crippen LogP contribution in [-0.4, -0.2) is 29.6 Å². The van der Waals surface area contributed by atoms with E-state index in [-0.39, 0.29) is 30.9 Å². The third kappa shape index (κ3) is 3.68. The average Bonchev–Trinajstić information content (AvgIpc) is 3.05. The Morgan fingerprint density at radius 1 is 1.15 bits per heavy atom. The fourth-order valence-corrected chi connectivity index (χ4v) is 3.35. The van der Waals surface area contributed by atoms with Crippen molar-refractivity contribution in [3.05, 3.63) is 77.9 Å². The van der Waals surface area contributed by atoms with Crippen LogP contribution in [0.25, 0.3) is 0 Å². The van der Waals surface area contributed by atoms with E-state index >= 15 is 0 Å². The highest BCUT2D eigenvalue weighted by Gasteiger charge is 2.33. The molecule has 134 valence electrons. The zero-order chi connectivity index (χ0) is 18.5. The van der Waals surface area contributed by atoms with Gasteiger partial charge >= 0.3 is 0 Å². The molecule has 2 N–H and O–H groups in total. The summed E-state index contributed by atoms with van der Waals surface area (Å²) in [6.07, 6.45) is 2.10. The molecule has 1 atom stereocenters. The van der Waals surface area contributed by atoms with Gasteiger partial charge in [-0.25, -0.2) is 0 Å². The van der Waals surface area contributed by atoms with Crippen LogP contribution in [0, 0.1) is 0 Å². The molecule has 0 saturated heterocycles. The first kappa shape index (κ1) is 17.9. The smallest absolute Gasteiger partial charge is 0.243 e. The number of fused-ring (bicyclic) bond motifs is 1. The topological polar surface area (TPSA) is 69.6 Å². The van der Waals surface area contributed by atoms with Crippen molar-refractivity contribution >= 4 is 17.5 Å². The van der Waals surface area contributed by atoms with E-state index in [0.29, 0.717) is 13.0 Å². The first-order valence-electron chi connectivity index (χ1n) is 8.62. The molecular formula is C21H22N2O3. The van der Waals surface area contributed by atoms with Crippen LogP contribution in [0.15, 0.2) is 61.2 Å². The van der Waals surface area contributed by atoms with Crippen molar-refractivity contribution < 1.29 is 14.7 Å². The Bertz CT molecular complexity index is 832. The maximum absolute atomic E-state index is 13.0. The first-order chi connectivity index (χ1) is 12.6. The van der Waals surface area contributed by atoms with Gasteiger partial charge in [-0.05, 0) is 35.3 Å². The highest BCUT2D eigenvalue weighted by Crippen LogP contribution is 2.32. The number of nitrogens with one attached hydrogen (secondary N) is 1. The molecular weight excluding hydrogens is 328 g/mol. The van der Waals surface area contributed by atoms with Gasteiger partial charge in [-0.2, -0.15) is 0 Å². The fourth-order valence-electron chi connectivity index (χ4n) is 3.35. The minimum Gasteiger partial charge on any atom is -0.394 e. The van der Waals surface area contributed by atoms with Crippen LogP contribution in [-0.2, 0) is 29.0 Å². The second kappa shape index (κ2) is 7.97. The third-order valence-corrected chi connectivity index (χ3v) is 4.65. The van der Waals surface area contributed by atoms with E-state index in [2.05, 4.69) is 11.9 Å². The average molecular weight is 350 g/mol. The number of aliphatic hydroxyl groups is 1. The largest absolute Gasteiger partial charge is 0.394 e. The van der Waals surface area contributed by atoms with E-state index in [0.717, 1.165) is 22.4 Å². The summed E-state index contributed by atoms with van der Waals surface area (Å²) in [5.74, 6) is -0.309. The molecule has 5 nitrogen and oxygen atoms in total. The van der Waals surface area contributed by atoms with Gasteiger partial charge in [-0.3, -0.25) is 9.59 Å². The minimum atomic E-state index is -0.250. The van der Waals surface area contributed by atoms with Gasteiger partial charge in [0, 0.05) is 12.2 Å². The van der Waals surface area contributed by atoms with Gasteiger partial charge in [0.1, 0.15) is 0 Å². The summed E-state index contributed by atoms with van der Waals surface area (Å²) in [4.78, 5) is 26.1. The van der Waals surface area contributed by atoms with Gasteiger partial charge in [0.2, 0.25) is 11.8 Å². The SMILES string of the molecule is C=CC(=O)NCc1ccccc1CC(=O)N1c2ccccc2CC1CO. The molecule has 2 aromatic rings. The van der Waals surface area contributed by atoms with E-state index in [9.17, 15) is 14.7 Å². The Morgan fingerprint density at radius 2 is 1.85 bits per heavy atom. The predicted octanol–water partition coefficient (Wildman–Crippen LogP) is 1.98. The molecule has 1 unspecified atom stereocenters. The van der Waals surface area contributed by atoms with E-state index in [1.165, 1.54) is 6.08 Å². The summed E-state index contributed by atoms with van der Waals surface area (Å²) in [5.41, 5.74) is 3.70. The number of para-hydroxylation sites is 1. The molecule has 3 rings (SSSR count). The quantitative estimate of drug-likeness (QED) is 0.783. The highest BCUT2D eigenvalue weighted by atomic mass is 16.3. The molecule has 2 aromatic carbocycles. The lowest BCUT2D eigenvalue weighted by atomic mass is 10.0. The third-order valence-electron chi connectivity index (χ3n) is 4.65. The highest BCUT2D eigenvalue weighted by molar-refractivity contribution is 5.97. The Kier molecular flexibility index (Phi) is 5.49. The number of amides is 2. The van der Waals surface area contributed by atoms with E-state index < -0.39 is 0 Å². The number of hydrogen-bond donors (Lipinski definition) is 2. The molecule has 0 radical (unpaired) electrons. The lowest BCUT2D eigenvalue weighted by molar-refractivity contribution is -0.118. The molecule has 0 spiro atoms. The molecule has 1 aliphatic rings. The predicted molar refractivity (Wildman–Crippen MR) is 101 cm³/mol. The van der Waals surface area contributed by atoms with Crippen LogP contribution in [0.2, 0.25) is 0 Å². The van der Waals surface area contributed by atoms with E-state index in [1.807, 2.05) is 48.5 Å². The summed E-state index contributed by atoms with van der Waals surface area (Å²) in [5, 5.41) is 12.4. The van der Waals surface area contributed by atoms with Crippen molar-refractivity contribution in [1.82, 2.24) is 5.32 Å². The molecule has 0 fully saturated rings. The Hall–Kier alpha value is -2.92. The van der Waals surface area contributed by atoms with Crippen molar-refractivity contribution in [2.24, 2.45) is 0 Å². The summed E-state index contributed by atoms with van der Waals surface area (Å²) in [6, 6.07) is 15.1. The molecule has 0 bridgehead atoms. The summed E-state index contributed by atoms with van der Waals surface area (Å²) in [7, 11) is 0. The fraction of sp³-hybridized carbons (Fsp3) is 0.238. The number of rotatable bonds is 6. The van der Waals surface area contributed by atoms with Gasteiger partial charge < -0.3 is 15.3 Å². The van der Waals surface area contributed by atoms with Gasteiger partial charge in [0.05, 0.1) is 19.1 Å². The monoisotopic (exact) mass is 350 g/mol. The van der Waals surface area contributed by atoms with Crippen molar-refractivity contribution in [3.8, 4) is 0 Å². The van der Waals surface area contributed by atoms with Crippen LogP contribution >= 0.6 is 0 Å². The molecule has 0 aliphatic carbocycles. The minimum absolute atomic E-state index is 0.0588. The maximum Gasteiger partial charge on any atom is 0.243 e. The van der Waals surface area contributed by atoms with Crippen molar-refractivity contribution in [1.29, 1.82) is 0 Å². The standard InChI is InChI=1S/C21H22N2O3/c1-2-20(25)22-13-17-9-4-3-7-15(17)12-21(26)23-18(14-24)11-16-8-5-6-10-19(16)23/h2-10,18,24H,1,11-14H2,(H,22,25). The molecule has 0 aromatic heterocycles. The molecule has 0 saturated carbocycles. The number of hydrogen-bond acceptors (Lipinski definition) is 3. The van der Waals surface area contributed by atoms with Gasteiger partial charge in [0.25, 0.3) is 0 Å². The second-order valence-corrected chi connectivity index (χ2v) is 6.30. The normalized spacial score (nSPS) is 15.4. The number of nitrogens with zero attached hydrogens (tertiary/aromatic N) is 1. The number of aliphatic hydroxyl groups excluding tert-OH is 1. The molecule has 26 heavy (non-hydrogen) atoms. The van der Waals surface area contributed by atoms with Crippen LogP contribution < -0.4 is 10.2 Å². The van der Waals surface area contributed by atoms with E-state index in [1.54, 1.807) is 4.90 Å². The Balaban J connectivity index is 1.80. The van der Waals surface area contributed by atoms with Gasteiger partial charge in [-0.1, -0.05) is 49.0 Å². The van der Waals surface area contributed by atoms with Crippen LogP contribution in [0.5, 0.6) is 0 Å². The zero-order valence-corrected chi connectivity index (χ0v) is 14.5. The number of carbonyl (C=O) groups excluding carboxylic acids is 2. The molecule has 5 heteroatoms. The number of anilines is 1. The van der Waals surface area contributed by atoms with Crippen molar-refractivity contribution in [3.63, 3.8) is 0 Å². The Labute approximate surface area is 153 Å². The maximum atomic E-state index is 13.0. The number of carbonyl (C=O) groups is 2. The summed E-state index contributed by atoms with van der Waals surface area (Å²) >= 11 is 0. The summed E-state index contributed by atoms with van der Waals surface area (Å²) < 4.78 is 0. The van der Waals surface area contributed by atoms with Crippen molar-refractivity contribution in [2.75, 3.05) is 11.5 Å². The van der Waals surface area contributed by atoms with Crippen molar-refractivity contribution in [2.45, 2.75) is 25.4 Å². The zero-order valence-electron chi connectivity index (χ0n) is 14.5. The lowest BCUT2D eigenvalue weighted by Crippen LogP contribution is -2.41. The number of benzene rings is 2. The van der Waals surface area contributed by atoms with Crippen LogP contribution in [0.1, 0.15) is 16.7 Å². The Morgan fingerprint density at radius 3 is 2.58 bits per heavy atom. The molecule has 2 amide bonds. The van der Waals surface area contributed by atoms with Gasteiger partial charge in [0.15, 0.2) is 0 Å². The summed E-state index contributed by atoms with van der Waals surface area (Å²) in [6.45, 7) is 3.71. The second-order valence-electron chi connectivity index (χ2n) is 6.30. The van der Waals surface area contributed by atoms with Crippen LogP contribution in [0.4, 0.5) is 5.69 Å². The molecule has 1 heterocycles. The van der Waals surface area contributed by atoms with E-state index in [4.69, 9.17) is 0 Å². The molecule has 1 aliphatic heterocycles.